The molecule has 0 bridgehead atoms. The number of hydrogen-bond donors (Lipinski definition) is 0. The summed E-state index contributed by atoms with van der Waals surface area (Å²) in [6, 6.07) is 0. The molecule has 8 heteroatoms. The van der Waals surface area contributed by atoms with E-state index in [1.165, 1.54) is 9.13 Å². The highest BCUT2D eigenvalue weighted by molar-refractivity contribution is 5.69. The summed E-state index contributed by atoms with van der Waals surface area (Å²) in [7, 11) is 7.64. The highest BCUT2D eigenvalue weighted by atomic mass is 127. The van der Waals surface area contributed by atoms with Gasteiger partial charge in [-0.15, -0.1) is 0 Å². The van der Waals surface area contributed by atoms with Gasteiger partial charge < -0.3 is 33.0 Å². The van der Waals surface area contributed by atoms with E-state index in [9.17, 15) is 9.59 Å². The first kappa shape index (κ1) is 18.9. The monoisotopic (exact) mass is 421 g/mol. The highest BCUT2D eigenvalue weighted by Gasteiger charge is 2.18. The first-order valence-corrected chi connectivity index (χ1v) is 7.21. The van der Waals surface area contributed by atoms with Crippen LogP contribution in [0.3, 0.4) is 0 Å². The molecule has 2 rings (SSSR count). The van der Waals surface area contributed by atoms with Gasteiger partial charge in [-0.05, 0) is 6.42 Å². The minimum atomic E-state index is -0.303. The maximum atomic E-state index is 12.5. The lowest BCUT2D eigenvalue weighted by Crippen LogP contribution is -3.00. The Labute approximate surface area is 146 Å². The number of imidazole rings is 1. The molecule has 0 radical (unpaired) electrons. The zero-order valence-electron chi connectivity index (χ0n) is 13.8. The van der Waals surface area contributed by atoms with E-state index < -0.39 is 0 Å². The van der Waals surface area contributed by atoms with Crippen LogP contribution in [0.25, 0.3) is 11.2 Å². The normalized spacial score (nSPS) is 11.7. The molecule has 2 aromatic heterocycles. The molecule has 0 aliphatic rings. The van der Waals surface area contributed by atoms with E-state index in [4.69, 9.17) is 0 Å². The van der Waals surface area contributed by atoms with Crippen molar-refractivity contribution in [2.24, 2.45) is 14.1 Å². The summed E-state index contributed by atoms with van der Waals surface area (Å²) in [6.45, 7) is 4.31. The average molecular weight is 421 g/mol. The van der Waals surface area contributed by atoms with Crippen LogP contribution in [0, 0.1) is 0 Å². The van der Waals surface area contributed by atoms with Gasteiger partial charge in [0.15, 0.2) is 11.2 Å². The van der Waals surface area contributed by atoms with Gasteiger partial charge in [0.1, 0.15) is 0 Å². The van der Waals surface area contributed by atoms with Crippen molar-refractivity contribution in [3.05, 3.63) is 27.2 Å². The number of likely N-dealkylation sites (N-methyl/N-ethyl adjacent to an activating group) is 1. The summed E-state index contributed by atoms with van der Waals surface area (Å²) in [5.41, 5.74) is 0.344. The minimum absolute atomic E-state index is 0. The molecular weight excluding hydrogens is 397 g/mol. The fourth-order valence-corrected chi connectivity index (χ4v) is 2.68. The summed E-state index contributed by atoms with van der Waals surface area (Å²) in [5.74, 6) is 0. The Kier molecular flexibility index (Phi) is 5.96. The Bertz CT molecular complexity index is 772. The van der Waals surface area contributed by atoms with E-state index in [-0.39, 0.29) is 35.2 Å². The topological polar surface area (TPSA) is 61.8 Å². The standard InChI is InChI=1S/C14H24N5O2.HI/c1-6-8-19(4,5)9-7-18-13(20)11-12(15-10-16(11)2)17(3)14(18)21;/h10H,6-9H2,1-5H3;1H/q+1;/p-1. The van der Waals surface area contributed by atoms with Crippen molar-refractivity contribution >= 4 is 11.2 Å². The first-order chi connectivity index (χ1) is 9.78. The Balaban J connectivity index is 0.00000242. The molecule has 2 heterocycles. The molecule has 0 saturated carbocycles. The lowest BCUT2D eigenvalue weighted by molar-refractivity contribution is -0.891. The third-order valence-electron chi connectivity index (χ3n) is 3.96. The molecular formula is C14H24IN5O2. The molecule has 0 aliphatic heterocycles. The molecule has 7 nitrogen and oxygen atoms in total. The molecule has 0 atom stereocenters. The second kappa shape index (κ2) is 6.95. The Morgan fingerprint density at radius 3 is 2.41 bits per heavy atom. The average Bonchev–Trinajstić information content (AvgIpc) is 2.78. The Morgan fingerprint density at radius 1 is 1.18 bits per heavy atom. The van der Waals surface area contributed by atoms with Crippen molar-refractivity contribution in [3.8, 4) is 0 Å². The fourth-order valence-electron chi connectivity index (χ4n) is 2.68. The van der Waals surface area contributed by atoms with Crippen molar-refractivity contribution in [1.82, 2.24) is 18.7 Å². The van der Waals surface area contributed by atoms with Gasteiger partial charge in [0.25, 0.3) is 5.56 Å². The van der Waals surface area contributed by atoms with E-state index in [1.807, 2.05) is 0 Å². The molecule has 0 aromatic carbocycles. The van der Waals surface area contributed by atoms with Gasteiger partial charge in [0.05, 0.1) is 40.1 Å². The van der Waals surface area contributed by atoms with Crippen molar-refractivity contribution in [2.75, 3.05) is 27.2 Å². The highest BCUT2D eigenvalue weighted by Crippen LogP contribution is 2.04. The SMILES string of the molecule is CCC[N+](C)(C)CCn1c(=O)c2c(ncn2C)n(C)c1=O.[I-]. The van der Waals surface area contributed by atoms with Crippen LogP contribution in [-0.4, -0.2) is 50.4 Å². The van der Waals surface area contributed by atoms with Gasteiger partial charge in [-0.3, -0.25) is 13.9 Å². The molecule has 0 saturated heterocycles. The van der Waals surface area contributed by atoms with Gasteiger partial charge in [0, 0.05) is 14.1 Å². The van der Waals surface area contributed by atoms with E-state index in [2.05, 4.69) is 26.0 Å². The predicted octanol–water partition coefficient (Wildman–Crippen LogP) is -3.08. The molecule has 0 spiro atoms. The third kappa shape index (κ3) is 3.43. The van der Waals surface area contributed by atoms with Crippen LogP contribution in [0.1, 0.15) is 13.3 Å². The van der Waals surface area contributed by atoms with Crippen LogP contribution in [0.5, 0.6) is 0 Å². The summed E-state index contributed by atoms with van der Waals surface area (Å²) in [5, 5.41) is 0. The number of quaternary nitrogens is 1. The first-order valence-electron chi connectivity index (χ1n) is 7.21. The van der Waals surface area contributed by atoms with Crippen LogP contribution >= 0.6 is 0 Å². The second-order valence-corrected chi connectivity index (χ2v) is 6.21. The van der Waals surface area contributed by atoms with Gasteiger partial charge in [0.2, 0.25) is 0 Å². The smallest absolute Gasteiger partial charge is 0.332 e. The minimum Gasteiger partial charge on any atom is -1.00 e. The van der Waals surface area contributed by atoms with Crippen molar-refractivity contribution in [3.63, 3.8) is 0 Å². The van der Waals surface area contributed by atoms with Gasteiger partial charge in [-0.25, -0.2) is 9.78 Å². The third-order valence-corrected chi connectivity index (χ3v) is 3.96. The molecule has 2 aromatic rings. The summed E-state index contributed by atoms with van der Waals surface area (Å²) < 4.78 is 5.21. The molecule has 0 amide bonds. The Hall–Kier alpha value is -1.16. The lowest BCUT2D eigenvalue weighted by Gasteiger charge is -2.29. The fraction of sp³-hybridized carbons (Fsp3) is 0.643. The number of halogens is 1. The van der Waals surface area contributed by atoms with Gasteiger partial charge in [-0.2, -0.15) is 0 Å². The number of hydrogen-bond acceptors (Lipinski definition) is 3. The van der Waals surface area contributed by atoms with Gasteiger partial charge >= 0.3 is 5.69 Å². The molecule has 0 aliphatic carbocycles. The van der Waals surface area contributed by atoms with Crippen LogP contribution in [0.4, 0.5) is 0 Å². The number of rotatable bonds is 5. The predicted molar refractivity (Wildman–Crippen MR) is 82.3 cm³/mol. The largest absolute Gasteiger partial charge is 1.00 e. The molecule has 0 N–H and O–H groups in total. The van der Waals surface area contributed by atoms with Crippen molar-refractivity contribution in [2.45, 2.75) is 19.9 Å². The van der Waals surface area contributed by atoms with Crippen LogP contribution in [-0.2, 0) is 20.6 Å². The van der Waals surface area contributed by atoms with E-state index in [1.54, 1.807) is 25.0 Å². The number of fused-ring (bicyclic) bond motifs is 1. The number of aromatic nitrogens is 4. The maximum absolute atomic E-state index is 12.5. The van der Waals surface area contributed by atoms with Crippen molar-refractivity contribution in [1.29, 1.82) is 0 Å². The van der Waals surface area contributed by atoms with Crippen LogP contribution in [0.2, 0.25) is 0 Å². The Morgan fingerprint density at radius 2 is 1.82 bits per heavy atom. The second-order valence-electron chi connectivity index (χ2n) is 6.21. The zero-order chi connectivity index (χ0) is 15.8. The maximum Gasteiger partial charge on any atom is 0.332 e. The molecule has 124 valence electrons. The quantitative estimate of drug-likeness (QED) is 0.380. The van der Waals surface area contributed by atoms with Crippen LogP contribution in [0.15, 0.2) is 15.9 Å². The molecule has 0 unspecified atom stereocenters. The summed E-state index contributed by atoms with van der Waals surface area (Å²) >= 11 is 0. The molecule has 0 fully saturated rings. The van der Waals surface area contributed by atoms with E-state index in [0.717, 1.165) is 24.0 Å². The number of aryl methyl sites for hydroxylation is 2. The van der Waals surface area contributed by atoms with Gasteiger partial charge in [-0.1, -0.05) is 6.92 Å². The summed E-state index contributed by atoms with van der Waals surface area (Å²) in [4.78, 5) is 29.0. The summed E-state index contributed by atoms with van der Waals surface area (Å²) in [6.07, 6.45) is 2.63. The van der Waals surface area contributed by atoms with Crippen LogP contribution < -0.4 is 35.2 Å². The zero-order valence-corrected chi connectivity index (χ0v) is 16.0. The van der Waals surface area contributed by atoms with Crippen molar-refractivity contribution < 1.29 is 28.5 Å². The van der Waals surface area contributed by atoms with E-state index >= 15 is 0 Å². The number of nitrogens with zero attached hydrogens (tertiary/aromatic N) is 5. The van der Waals surface area contributed by atoms with E-state index in [0.29, 0.717) is 17.7 Å². The molecule has 22 heavy (non-hydrogen) atoms. The lowest BCUT2D eigenvalue weighted by atomic mass is 10.3.